The monoisotopic (exact) mass is 254 g/mol. The second kappa shape index (κ2) is 5.58. The predicted molar refractivity (Wildman–Crippen MR) is 57.8 cm³/mol. The first-order chi connectivity index (χ1) is 7.04. The molecule has 0 spiro atoms. The third-order valence-corrected chi connectivity index (χ3v) is 2.80. The highest BCUT2D eigenvalue weighted by Crippen LogP contribution is 2.06. The van der Waals surface area contributed by atoms with Crippen molar-refractivity contribution in [3.8, 4) is 0 Å². The van der Waals surface area contributed by atoms with Crippen LogP contribution in [0.25, 0.3) is 0 Å². The van der Waals surface area contributed by atoms with Crippen molar-refractivity contribution >= 4 is 16.2 Å². The van der Waals surface area contributed by atoms with Crippen molar-refractivity contribution in [3.05, 3.63) is 0 Å². The molecule has 0 unspecified atom stereocenters. The molecule has 0 aromatic carbocycles. The molecule has 0 aliphatic rings. The van der Waals surface area contributed by atoms with Gasteiger partial charge in [-0.3, -0.25) is 9.63 Å². The van der Waals surface area contributed by atoms with Gasteiger partial charge in [-0.2, -0.15) is 12.7 Å². The zero-order chi connectivity index (χ0) is 13.0. The van der Waals surface area contributed by atoms with E-state index in [0.29, 0.717) is 0 Å². The molecule has 16 heavy (non-hydrogen) atoms. The van der Waals surface area contributed by atoms with E-state index in [1.54, 1.807) is 20.8 Å². The minimum atomic E-state index is -3.79. The van der Waals surface area contributed by atoms with Gasteiger partial charge < -0.3 is 5.11 Å². The van der Waals surface area contributed by atoms with Gasteiger partial charge in [-0.1, -0.05) is 4.89 Å². The van der Waals surface area contributed by atoms with E-state index in [0.717, 1.165) is 4.31 Å². The molecule has 0 radical (unpaired) electrons. The van der Waals surface area contributed by atoms with Crippen LogP contribution in [0.2, 0.25) is 0 Å². The van der Waals surface area contributed by atoms with Crippen LogP contribution in [0.4, 0.5) is 0 Å². The lowest BCUT2D eigenvalue weighted by molar-refractivity contribution is -0.137. The molecule has 0 fully saturated rings. The third kappa shape index (κ3) is 6.72. The molecule has 96 valence electrons. The molecule has 0 atom stereocenters. The second-order valence-electron chi connectivity index (χ2n) is 4.27. The Kier molecular flexibility index (Phi) is 5.33. The number of nitrogens with zero attached hydrogens (tertiary/aromatic N) is 1. The first-order valence-corrected chi connectivity index (χ1v) is 6.11. The maximum absolute atomic E-state index is 11.5. The van der Waals surface area contributed by atoms with Crippen LogP contribution >= 0.6 is 0 Å². The molecule has 0 aromatic rings. The highest BCUT2D eigenvalue weighted by molar-refractivity contribution is 7.86. The Bertz CT molecular complexity index is 333. The number of carboxylic acids is 1. The molecule has 0 saturated carbocycles. The highest BCUT2D eigenvalue weighted by atomic mass is 32.2. The molecule has 0 heterocycles. The Morgan fingerprint density at radius 1 is 1.44 bits per heavy atom. The summed E-state index contributed by atoms with van der Waals surface area (Å²) in [5.74, 6) is -1.06. The van der Waals surface area contributed by atoms with Crippen LogP contribution in [0.3, 0.4) is 0 Å². The van der Waals surface area contributed by atoms with Crippen molar-refractivity contribution in [3.63, 3.8) is 0 Å². The molecule has 0 aromatic heterocycles. The minimum Gasteiger partial charge on any atom is -0.481 e. The van der Waals surface area contributed by atoms with E-state index in [4.69, 9.17) is 9.94 Å². The van der Waals surface area contributed by atoms with Gasteiger partial charge in [-0.25, -0.2) is 0 Å². The van der Waals surface area contributed by atoms with Crippen LogP contribution in [0, 0.1) is 0 Å². The highest BCUT2D eigenvalue weighted by Gasteiger charge is 2.21. The number of aliphatic carboxylic acids is 1. The van der Waals surface area contributed by atoms with E-state index >= 15 is 0 Å². The molecule has 0 aliphatic heterocycles. The lowest BCUT2D eigenvalue weighted by atomic mass is 10.2. The van der Waals surface area contributed by atoms with Crippen LogP contribution in [0.15, 0.2) is 0 Å². The first-order valence-electron chi connectivity index (χ1n) is 4.67. The molecule has 0 rings (SSSR count). The number of carbonyl (C=O) groups is 1. The van der Waals surface area contributed by atoms with Crippen LogP contribution in [-0.4, -0.2) is 43.0 Å². The summed E-state index contributed by atoms with van der Waals surface area (Å²) in [6.45, 7) is 4.95. The van der Waals surface area contributed by atoms with Gasteiger partial charge in [0, 0.05) is 13.6 Å². The SMILES string of the molecule is CN(CCC(=O)O)S(=O)(=O)NOC(C)(C)C. The van der Waals surface area contributed by atoms with Crippen LogP contribution in [0.1, 0.15) is 27.2 Å². The number of hydrogen-bond donors (Lipinski definition) is 2. The zero-order valence-electron chi connectivity index (χ0n) is 9.85. The molecule has 0 amide bonds. The maximum atomic E-state index is 11.5. The average molecular weight is 254 g/mol. The molecular formula is C8H18N2O5S. The van der Waals surface area contributed by atoms with Crippen LogP contribution < -0.4 is 4.89 Å². The summed E-state index contributed by atoms with van der Waals surface area (Å²) in [5, 5.41) is 8.41. The molecular weight excluding hydrogens is 236 g/mol. The molecule has 0 aliphatic carbocycles. The largest absolute Gasteiger partial charge is 0.481 e. The van der Waals surface area contributed by atoms with Gasteiger partial charge in [0.25, 0.3) is 0 Å². The molecule has 0 bridgehead atoms. The van der Waals surface area contributed by atoms with Crippen molar-refractivity contribution < 1.29 is 23.2 Å². The second-order valence-corrected chi connectivity index (χ2v) is 6.01. The van der Waals surface area contributed by atoms with Gasteiger partial charge in [0.15, 0.2) is 0 Å². The van der Waals surface area contributed by atoms with Crippen molar-refractivity contribution in [2.24, 2.45) is 0 Å². The Morgan fingerprint density at radius 3 is 2.31 bits per heavy atom. The number of hydrogen-bond acceptors (Lipinski definition) is 4. The van der Waals surface area contributed by atoms with E-state index in [1.165, 1.54) is 7.05 Å². The zero-order valence-corrected chi connectivity index (χ0v) is 10.7. The average Bonchev–Trinajstić information content (AvgIpc) is 2.10. The quantitative estimate of drug-likeness (QED) is 0.648. The Labute approximate surface area is 95.5 Å². The Hall–Kier alpha value is -0.700. The third-order valence-electron chi connectivity index (χ3n) is 1.50. The summed E-state index contributed by atoms with van der Waals surface area (Å²) < 4.78 is 23.9. The van der Waals surface area contributed by atoms with E-state index in [-0.39, 0.29) is 13.0 Å². The van der Waals surface area contributed by atoms with Crippen molar-refractivity contribution in [1.29, 1.82) is 0 Å². The number of carboxylic acid groups (broad SMARTS) is 1. The Balaban J connectivity index is 4.27. The Morgan fingerprint density at radius 2 is 1.94 bits per heavy atom. The summed E-state index contributed by atoms with van der Waals surface area (Å²) in [7, 11) is -2.52. The fourth-order valence-corrected chi connectivity index (χ4v) is 1.43. The van der Waals surface area contributed by atoms with Gasteiger partial charge in [-0.15, -0.1) is 0 Å². The first kappa shape index (κ1) is 15.3. The van der Waals surface area contributed by atoms with E-state index in [2.05, 4.69) is 0 Å². The van der Waals surface area contributed by atoms with Crippen LogP contribution in [-0.2, 0) is 19.8 Å². The fraction of sp³-hybridized carbons (Fsp3) is 0.875. The number of nitrogens with one attached hydrogen (secondary N) is 1. The normalized spacial score (nSPS) is 13.1. The molecule has 7 nitrogen and oxygen atoms in total. The summed E-state index contributed by atoms with van der Waals surface area (Å²) in [4.78, 5) is 17.1. The van der Waals surface area contributed by atoms with E-state index in [1.807, 2.05) is 4.89 Å². The van der Waals surface area contributed by atoms with Gasteiger partial charge in [-0.05, 0) is 20.8 Å². The smallest absolute Gasteiger partial charge is 0.304 e. The van der Waals surface area contributed by atoms with E-state index < -0.39 is 21.8 Å². The summed E-state index contributed by atoms with van der Waals surface area (Å²) in [6, 6.07) is 0. The van der Waals surface area contributed by atoms with Crippen molar-refractivity contribution in [2.45, 2.75) is 32.8 Å². The predicted octanol–water partition coefficient (Wildman–Crippen LogP) is -0.0426. The topological polar surface area (TPSA) is 95.9 Å². The van der Waals surface area contributed by atoms with Crippen molar-refractivity contribution in [2.75, 3.05) is 13.6 Å². The standard InChI is InChI=1S/C8H18N2O5S/c1-8(2,3)15-9-16(13,14)10(4)6-5-7(11)12/h9H,5-6H2,1-4H3,(H,11,12). The van der Waals surface area contributed by atoms with Gasteiger partial charge in [0.05, 0.1) is 12.0 Å². The maximum Gasteiger partial charge on any atom is 0.304 e. The molecule has 8 heteroatoms. The summed E-state index contributed by atoms with van der Waals surface area (Å²) in [6.07, 6.45) is -0.257. The van der Waals surface area contributed by atoms with Crippen molar-refractivity contribution in [1.82, 2.24) is 9.19 Å². The van der Waals surface area contributed by atoms with Gasteiger partial charge in [0.2, 0.25) is 0 Å². The van der Waals surface area contributed by atoms with Gasteiger partial charge in [0.1, 0.15) is 0 Å². The number of rotatable bonds is 6. The lowest BCUT2D eigenvalue weighted by Crippen LogP contribution is -2.42. The minimum absolute atomic E-state index is 0.113. The lowest BCUT2D eigenvalue weighted by Gasteiger charge is -2.22. The van der Waals surface area contributed by atoms with E-state index in [9.17, 15) is 13.2 Å². The summed E-state index contributed by atoms with van der Waals surface area (Å²) in [5.41, 5.74) is -0.652. The molecule has 0 saturated heterocycles. The summed E-state index contributed by atoms with van der Waals surface area (Å²) >= 11 is 0. The molecule has 2 N–H and O–H groups in total. The fourth-order valence-electron chi connectivity index (χ4n) is 0.615. The van der Waals surface area contributed by atoms with Crippen LogP contribution in [0.5, 0.6) is 0 Å². The van der Waals surface area contributed by atoms with Gasteiger partial charge >= 0.3 is 16.2 Å².